The number of nitrogens with zero attached hydrogens (tertiary/aromatic N) is 1. The molecule has 2 aliphatic rings. The molecule has 0 aromatic carbocycles. The van der Waals surface area contributed by atoms with Crippen LogP contribution in [0.2, 0.25) is 0 Å². The molecule has 104 valence electrons. The lowest BCUT2D eigenvalue weighted by Crippen LogP contribution is -2.51. The Morgan fingerprint density at radius 1 is 1.00 bits per heavy atom. The number of ketones is 1. The van der Waals surface area contributed by atoms with Crippen LogP contribution >= 0.6 is 0 Å². The van der Waals surface area contributed by atoms with Gasteiger partial charge in [-0.25, -0.2) is 0 Å². The van der Waals surface area contributed by atoms with E-state index in [1.165, 1.54) is 58.0 Å². The Morgan fingerprint density at radius 2 is 1.67 bits per heavy atom. The van der Waals surface area contributed by atoms with E-state index >= 15 is 0 Å². The van der Waals surface area contributed by atoms with Crippen molar-refractivity contribution in [3.8, 4) is 0 Å². The highest BCUT2D eigenvalue weighted by molar-refractivity contribution is 5.88. The Hall–Kier alpha value is -0.370. The molecule has 0 radical (unpaired) electrons. The van der Waals surface area contributed by atoms with E-state index in [2.05, 4.69) is 11.8 Å². The molecule has 0 bridgehead atoms. The molecule has 0 amide bonds. The number of hydrogen-bond acceptors (Lipinski definition) is 2. The number of rotatable bonds is 7. The highest BCUT2D eigenvalue weighted by atomic mass is 16.1. The van der Waals surface area contributed by atoms with Crippen LogP contribution in [0, 0.1) is 0 Å². The van der Waals surface area contributed by atoms with E-state index in [-0.39, 0.29) is 5.54 Å². The van der Waals surface area contributed by atoms with Crippen molar-refractivity contribution >= 4 is 5.78 Å². The molecule has 0 unspecified atom stereocenters. The molecule has 0 atom stereocenters. The highest BCUT2D eigenvalue weighted by Crippen LogP contribution is 2.39. The number of carbonyl (C=O) groups is 1. The molecule has 1 aliphatic heterocycles. The first-order valence-corrected chi connectivity index (χ1v) is 8.08. The monoisotopic (exact) mass is 251 g/mol. The average molecular weight is 251 g/mol. The molecule has 18 heavy (non-hydrogen) atoms. The van der Waals surface area contributed by atoms with Gasteiger partial charge in [0.1, 0.15) is 0 Å². The van der Waals surface area contributed by atoms with Gasteiger partial charge in [0.05, 0.1) is 5.54 Å². The van der Waals surface area contributed by atoms with Crippen molar-refractivity contribution in [2.45, 2.75) is 83.1 Å². The van der Waals surface area contributed by atoms with Gasteiger partial charge in [-0.1, -0.05) is 39.0 Å². The Morgan fingerprint density at radius 3 is 2.28 bits per heavy atom. The van der Waals surface area contributed by atoms with Crippen molar-refractivity contribution in [3.63, 3.8) is 0 Å². The van der Waals surface area contributed by atoms with Crippen LogP contribution in [0.15, 0.2) is 0 Å². The summed E-state index contributed by atoms with van der Waals surface area (Å²) in [5, 5.41) is 0. The lowest BCUT2D eigenvalue weighted by atomic mass is 9.87. The van der Waals surface area contributed by atoms with Crippen LogP contribution in [0.4, 0.5) is 0 Å². The minimum Gasteiger partial charge on any atom is -0.298 e. The van der Waals surface area contributed by atoms with E-state index in [0.29, 0.717) is 5.78 Å². The fourth-order valence-electron chi connectivity index (χ4n) is 3.82. The zero-order valence-electron chi connectivity index (χ0n) is 12.0. The van der Waals surface area contributed by atoms with Crippen molar-refractivity contribution in [2.75, 3.05) is 13.1 Å². The van der Waals surface area contributed by atoms with Gasteiger partial charge < -0.3 is 0 Å². The second-order valence-electron chi connectivity index (χ2n) is 6.17. The predicted molar refractivity (Wildman–Crippen MR) is 75.8 cm³/mol. The van der Waals surface area contributed by atoms with E-state index in [4.69, 9.17) is 0 Å². The Bertz CT molecular complexity index is 262. The fraction of sp³-hybridized carbons (Fsp3) is 0.938. The maximum atomic E-state index is 12.7. The lowest BCUT2D eigenvalue weighted by Gasteiger charge is -2.37. The summed E-state index contributed by atoms with van der Waals surface area (Å²) in [6, 6.07) is 0. The number of hydrogen-bond donors (Lipinski definition) is 0. The van der Waals surface area contributed by atoms with Gasteiger partial charge in [0.25, 0.3) is 0 Å². The number of carbonyl (C=O) groups excluding carboxylic acids is 1. The van der Waals surface area contributed by atoms with Crippen molar-refractivity contribution in [2.24, 2.45) is 0 Å². The molecule has 0 aromatic heterocycles. The maximum absolute atomic E-state index is 12.7. The van der Waals surface area contributed by atoms with E-state index in [1.807, 2.05) is 0 Å². The molecule has 0 aromatic rings. The molecule has 2 fully saturated rings. The van der Waals surface area contributed by atoms with Crippen molar-refractivity contribution in [1.82, 2.24) is 4.90 Å². The molecule has 0 spiro atoms. The van der Waals surface area contributed by atoms with Gasteiger partial charge >= 0.3 is 0 Å². The minimum atomic E-state index is -0.0251. The standard InChI is InChI=1S/C16H29NO/c1-2-3-4-5-10-15(18)16(11-6-7-12-16)17-13-8-9-14-17/h2-14H2,1H3. The summed E-state index contributed by atoms with van der Waals surface area (Å²) in [5.41, 5.74) is -0.0251. The number of unbranched alkanes of at least 4 members (excludes halogenated alkanes) is 3. The van der Waals surface area contributed by atoms with Crippen LogP contribution < -0.4 is 0 Å². The zero-order chi connectivity index (χ0) is 12.8. The van der Waals surface area contributed by atoms with Gasteiger partial charge in [-0.2, -0.15) is 0 Å². The molecule has 0 N–H and O–H groups in total. The summed E-state index contributed by atoms with van der Waals surface area (Å²) in [6.07, 6.45) is 13.1. The van der Waals surface area contributed by atoms with Crippen LogP contribution in [0.25, 0.3) is 0 Å². The van der Waals surface area contributed by atoms with Gasteiger partial charge in [0.15, 0.2) is 5.78 Å². The van der Waals surface area contributed by atoms with E-state index in [0.717, 1.165) is 25.7 Å². The summed E-state index contributed by atoms with van der Waals surface area (Å²) in [7, 11) is 0. The molecule has 1 heterocycles. The van der Waals surface area contributed by atoms with Gasteiger partial charge in [-0.05, 0) is 45.2 Å². The Kier molecular flexibility index (Phi) is 5.23. The topological polar surface area (TPSA) is 20.3 Å². The second-order valence-corrected chi connectivity index (χ2v) is 6.17. The molecule has 1 saturated carbocycles. The lowest BCUT2D eigenvalue weighted by molar-refractivity contribution is -0.130. The third-order valence-corrected chi connectivity index (χ3v) is 4.92. The summed E-state index contributed by atoms with van der Waals surface area (Å²) >= 11 is 0. The molecular formula is C16H29NO. The summed E-state index contributed by atoms with van der Waals surface area (Å²) in [6.45, 7) is 4.56. The van der Waals surface area contributed by atoms with E-state index < -0.39 is 0 Å². The zero-order valence-corrected chi connectivity index (χ0v) is 12.0. The molecule has 1 aliphatic carbocycles. The molecule has 2 heteroatoms. The van der Waals surface area contributed by atoms with Crippen molar-refractivity contribution in [1.29, 1.82) is 0 Å². The first kappa shape index (κ1) is 14.0. The second kappa shape index (κ2) is 6.70. The molecule has 2 nitrogen and oxygen atoms in total. The predicted octanol–water partition coefficient (Wildman–Crippen LogP) is 3.93. The third kappa shape index (κ3) is 2.96. The summed E-state index contributed by atoms with van der Waals surface area (Å²) in [5.74, 6) is 0.568. The van der Waals surface area contributed by atoms with E-state index in [1.54, 1.807) is 0 Å². The van der Waals surface area contributed by atoms with Crippen molar-refractivity contribution < 1.29 is 4.79 Å². The summed E-state index contributed by atoms with van der Waals surface area (Å²) < 4.78 is 0. The first-order chi connectivity index (χ1) is 8.79. The molecular weight excluding hydrogens is 222 g/mol. The largest absolute Gasteiger partial charge is 0.298 e. The van der Waals surface area contributed by atoms with Crippen molar-refractivity contribution in [3.05, 3.63) is 0 Å². The first-order valence-electron chi connectivity index (χ1n) is 8.08. The minimum absolute atomic E-state index is 0.0251. The third-order valence-electron chi connectivity index (χ3n) is 4.92. The molecule has 2 rings (SSSR count). The van der Waals surface area contributed by atoms with Crippen LogP contribution in [0.5, 0.6) is 0 Å². The Labute approximate surface area is 112 Å². The van der Waals surface area contributed by atoms with Crippen LogP contribution in [0.1, 0.15) is 77.6 Å². The SMILES string of the molecule is CCCCCCC(=O)C1(N2CCCC2)CCCC1. The number of likely N-dealkylation sites (tertiary alicyclic amines) is 1. The maximum Gasteiger partial charge on any atom is 0.153 e. The van der Waals surface area contributed by atoms with Gasteiger partial charge in [0.2, 0.25) is 0 Å². The number of Topliss-reactive ketones (excluding diaryl/α,β-unsaturated/α-hetero) is 1. The fourth-order valence-corrected chi connectivity index (χ4v) is 3.82. The van der Waals surface area contributed by atoms with Crippen LogP contribution in [-0.2, 0) is 4.79 Å². The summed E-state index contributed by atoms with van der Waals surface area (Å²) in [4.78, 5) is 15.2. The van der Waals surface area contributed by atoms with Gasteiger partial charge in [-0.15, -0.1) is 0 Å². The molecule has 1 saturated heterocycles. The average Bonchev–Trinajstić information content (AvgIpc) is 3.03. The van der Waals surface area contributed by atoms with Gasteiger partial charge in [0, 0.05) is 6.42 Å². The van der Waals surface area contributed by atoms with Crippen LogP contribution in [-0.4, -0.2) is 29.3 Å². The Balaban J connectivity index is 1.90. The quantitative estimate of drug-likeness (QED) is 0.639. The van der Waals surface area contributed by atoms with Crippen LogP contribution in [0.3, 0.4) is 0 Å². The smallest absolute Gasteiger partial charge is 0.153 e. The highest BCUT2D eigenvalue weighted by Gasteiger charge is 2.45. The van der Waals surface area contributed by atoms with E-state index in [9.17, 15) is 4.79 Å². The normalized spacial score (nSPS) is 23.6. The van der Waals surface area contributed by atoms with Gasteiger partial charge in [-0.3, -0.25) is 9.69 Å².